The number of ether oxygens (including phenoxy) is 1. The standard InChI is InChI=1S/C27H20N2O4.Na/c30-25(31)16-29-23-11-5-4-9-21(23)22(27(29)32)15-19-12-13-24(26-20(19)10-6-14-28-26)33-17-18-7-2-1-3-8-18;/h1-15H,16-17H2,(H,30,31);/q;+1/p-1. The molecule has 6 nitrogen and oxygen atoms in total. The van der Waals surface area contributed by atoms with Gasteiger partial charge in [-0.05, 0) is 35.4 Å². The molecule has 3 aromatic carbocycles. The van der Waals surface area contributed by atoms with Crippen LogP contribution in [0.1, 0.15) is 16.7 Å². The first kappa shape index (κ1) is 23.7. The predicted octanol–water partition coefficient (Wildman–Crippen LogP) is 0.455. The summed E-state index contributed by atoms with van der Waals surface area (Å²) in [4.78, 5) is 30.0. The van der Waals surface area contributed by atoms with Crippen molar-refractivity contribution in [2.75, 3.05) is 11.4 Å². The Bertz CT molecular complexity index is 1400. The number of carbonyl (C=O) groups excluding carboxylic acids is 2. The van der Waals surface area contributed by atoms with Gasteiger partial charge >= 0.3 is 29.6 Å². The molecule has 1 aromatic heterocycles. The van der Waals surface area contributed by atoms with Crippen LogP contribution in [0.15, 0.2) is 85.1 Å². The van der Waals surface area contributed by atoms with Crippen molar-refractivity contribution in [2.45, 2.75) is 6.61 Å². The monoisotopic (exact) mass is 458 g/mol. The summed E-state index contributed by atoms with van der Waals surface area (Å²) < 4.78 is 6.04. The molecule has 1 aliphatic rings. The zero-order chi connectivity index (χ0) is 22.8. The summed E-state index contributed by atoms with van der Waals surface area (Å²) in [7, 11) is 0. The summed E-state index contributed by atoms with van der Waals surface area (Å²) in [6.07, 6.45) is 3.48. The first-order valence-corrected chi connectivity index (χ1v) is 10.5. The van der Waals surface area contributed by atoms with E-state index in [-0.39, 0.29) is 35.5 Å². The zero-order valence-corrected chi connectivity index (χ0v) is 20.6. The number of aliphatic carboxylic acids is 1. The van der Waals surface area contributed by atoms with E-state index < -0.39 is 12.5 Å². The molecule has 0 aliphatic carbocycles. The Hall–Kier alpha value is -3.45. The topological polar surface area (TPSA) is 82.6 Å². The number of carbonyl (C=O) groups is 2. The third kappa shape index (κ3) is 4.61. The van der Waals surface area contributed by atoms with E-state index in [2.05, 4.69) is 4.98 Å². The molecule has 0 saturated carbocycles. The van der Waals surface area contributed by atoms with E-state index in [9.17, 15) is 14.7 Å². The molecule has 0 fully saturated rings. The molecule has 34 heavy (non-hydrogen) atoms. The van der Waals surface area contributed by atoms with Crippen LogP contribution in [0.2, 0.25) is 0 Å². The van der Waals surface area contributed by atoms with Crippen molar-refractivity contribution in [2.24, 2.45) is 0 Å². The van der Waals surface area contributed by atoms with Crippen molar-refractivity contribution in [1.82, 2.24) is 4.98 Å². The number of carboxylic acid groups (broad SMARTS) is 1. The maximum atomic E-state index is 13.1. The maximum Gasteiger partial charge on any atom is 1.00 e. The largest absolute Gasteiger partial charge is 1.00 e. The van der Waals surface area contributed by atoms with Gasteiger partial charge in [-0.2, -0.15) is 0 Å². The van der Waals surface area contributed by atoms with Gasteiger partial charge in [0.25, 0.3) is 5.91 Å². The number of anilines is 1. The van der Waals surface area contributed by atoms with Gasteiger partial charge in [0.05, 0.1) is 18.2 Å². The van der Waals surface area contributed by atoms with Crippen molar-refractivity contribution in [1.29, 1.82) is 0 Å². The van der Waals surface area contributed by atoms with Crippen LogP contribution >= 0.6 is 0 Å². The zero-order valence-electron chi connectivity index (χ0n) is 18.6. The molecule has 0 atom stereocenters. The molecule has 2 heterocycles. The van der Waals surface area contributed by atoms with Gasteiger partial charge in [0.2, 0.25) is 0 Å². The van der Waals surface area contributed by atoms with Crippen LogP contribution in [-0.2, 0) is 16.2 Å². The Kier molecular flexibility index (Phi) is 7.12. The Morgan fingerprint density at radius 3 is 2.53 bits per heavy atom. The van der Waals surface area contributed by atoms with Gasteiger partial charge in [-0.25, -0.2) is 0 Å². The fourth-order valence-electron chi connectivity index (χ4n) is 4.03. The average molecular weight is 458 g/mol. The molecule has 1 aliphatic heterocycles. The van der Waals surface area contributed by atoms with E-state index in [0.29, 0.717) is 34.7 Å². The second-order valence-corrected chi connectivity index (χ2v) is 7.67. The van der Waals surface area contributed by atoms with Crippen molar-refractivity contribution in [3.63, 3.8) is 0 Å². The molecule has 0 unspecified atom stereocenters. The number of para-hydroxylation sites is 1. The SMILES string of the molecule is O=C([O-])CN1C(=O)C(=Cc2ccc(OCc3ccccc3)c3ncccc23)c2ccccc21.[Na+]. The fraction of sp³-hybridized carbons (Fsp3) is 0.0741. The summed E-state index contributed by atoms with van der Waals surface area (Å²) in [5.41, 5.74) is 4.20. The Balaban J connectivity index is 0.00000274. The van der Waals surface area contributed by atoms with Gasteiger partial charge in [-0.1, -0.05) is 60.7 Å². The summed E-state index contributed by atoms with van der Waals surface area (Å²) in [6, 6.07) is 24.5. The number of nitrogens with zero attached hydrogens (tertiary/aromatic N) is 2. The number of pyridine rings is 1. The maximum absolute atomic E-state index is 13.1. The minimum absolute atomic E-state index is 0. The molecule has 0 spiro atoms. The van der Waals surface area contributed by atoms with Crippen LogP contribution in [0, 0.1) is 0 Å². The minimum atomic E-state index is -1.31. The van der Waals surface area contributed by atoms with E-state index in [1.54, 1.807) is 24.4 Å². The number of fused-ring (bicyclic) bond motifs is 2. The third-order valence-electron chi connectivity index (χ3n) is 5.55. The van der Waals surface area contributed by atoms with E-state index >= 15 is 0 Å². The van der Waals surface area contributed by atoms with E-state index in [4.69, 9.17) is 4.74 Å². The normalized spacial score (nSPS) is 13.6. The Morgan fingerprint density at radius 2 is 1.74 bits per heavy atom. The van der Waals surface area contributed by atoms with Crippen LogP contribution in [0.4, 0.5) is 5.69 Å². The second kappa shape index (κ2) is 10.2. The smallest absolute Gasteiger partial charge is 0.548 e. The van der Waals surface area contributed by atoms with Crippen molar-refractivity contribution >= 4 is 40.1 Å². The summed E-state index contributed by atoms with van der Waals surface area (Å²) >= 11 is 0. The van der Waals surface area contributed by atoms with Crippen LogP contribution < -0.4 is 44.3 Å². The molecular weight excluding hydrogens is 439 g/mol. The molecule has 5 rings (SSSR count). The van der Waals surface area contributed by atoms with Crippen molar-refractivity contribution in [3.8, 4) is 5.75 Å². The predicted molar refractivity (Wildman–Crippen MR) is 124 cm³/mol. The molecule has 1 amide bonds. The van der Waals surface area contributed by atoms with Crippen molar-refractivity contribution < 1.29 is 49.0 Å². The fourth-order valence-corrected chi connectivity index (χ4v) is 4.03. The number of hydrogen-bond acceptors (Lipinski definition) is 5. The molecule has 0 saturated heterocycles. The average Bonchev–Trinajstić information content (AvgIpc) is 3.10. The Labute approximate surface area is 218 Å². The third-order valence-corrected chi connectivity index (χ3v) is 5.55. The first-order valence-electron chi connectivity index (χ1n) is 10.5. The summed E-state index contributed by atoms with van der Waals surface area (Å²) in [6.45, 7) is -0.0846. The molecule has 7 heteroatoms. The van der Waals surface area contributed by atoms with Gasteiger partial charge in [0.15, 0.2) is 0 Å². The molecular formula is C27H19N2NaO4. The van der Waals surface area contributed by atoms with Gasteiger partial charge < -0.3 is 19.5 Å². The second-order valence-electron chi connectivity index (χ2n) is 7.67. The van der Waals surface area contributed by atoms with E-state index in [1.165, 1.54) is 4.90 Å². The van der Waals surface area contributed by atoms with Gasteiger partial charge in [0, 0.05) is 22.7 Å². The first-order chi connectivity index (χ1) is 16.1. The molecule has 0 bridgehead atoms. The summed E-state index contributed by atoms with van der Waals surface area (Å²) in [5, 5.41) is 12.0. The van der Waals surface area contributed by atoms with Crippen LogP contribution in [0.3, 0.4) is 0 Å². The van der Waals surface area contributed by atoms with E-state index in [1.807, 2.05) is 66.7 Å². The van der Waals surface area contributed by atoms with Gasteiger partial charge in [-0.15, -0.1) is 0 Å². The Morgan fingerprint density at radius 1 is 0.971 bits per heavy atom. The number of aromatic nitrogens is 1. The van der Waals surface area contributed by atoms with E-state index in [0.717, 1.165) is 16.5 Å². The number of benzene rings is 3. The van der Waals surface area contributed by atoms with Crippen molar-refractivity contribution in [3.05, 3.63) is 102 Å². The van der Waals surface area contributed by atoms with Crippen LogP contribution in [-0.4, -0.2) is 23.4 Å². The van der Waals surface area contributed by atoms with Gasteiger partial charge in [-0.3, -0.25) is 9.78 Å². The summed E-state index contributed by atoms with van der Waals surface area (Å²) in [5.74, 6) is -1.04. The number of hydrogen-bond donors (Lipinski definition) is 0. The molecule has 4 aromatic rings. The molecule has 0 radical (unpaired) electrons. The van der Waals surface area contributed by atoms with Crippen LogP contribution in [0.5, 0.6) is 5.75 Å². The number of amides is 1. The molecule has 162 valence electrons. The number of rotatable bonds is 6. The quantitative estimate of drug-likeness (QED) is 0.310. The number of carboxylic acids is 1. The van der Waals surface area contributed by atoms with Crippen LogP contribution in [0.25, 0.3) is 22.6 Å². The molecule has 0 N–H and O–H groups in total. The minimum Gasteiger partial charge on any atom is -0.548 e. The van der Waals surface area contributed by atoms with Gasteiger partial charge in [0.1, 0.15) is 17.9 Å².